The summed E-state index contributed by atoms with van der Waals surface area (Å²) in [6, 6.07) is 11.0. The van der Waals surface area contributed by atoms with Gasteiger partial charge in [-0.1, -0.05) is 12.1 Å². The van der Waals surface area contributed by atoms with Crippen LogP contribution in [0.4, 0.5) is 4.39 Å². The molecule has 1 heterocycles. The number of hydrogen-bond acceptors (Lipinski definition) is 4. The zero-order chi connectivity index (χ0) is 19.9. The molecule has 0 spiro atoms. The van der Waals surface area contributed by atoms with Gasteiger partial charge in [0.1, 0.15) is 5.82 Å². The molecule has 28 heavy (non-hydrogen) atoms. The lowest BCUT2D eigenvalue weighted by Crippen LogP contribution is -2.36. The summed E-state index contributed by atoms with van der Waals surface area (Å²) in [5, 5.41) is 5.53. The molecule has 3 rings (SSSR count). The number of carbonyl (C=O) groups is 2. The Kier molecular flexibility index (Phi) is 6.47. The van der Waals surface area contributed by atoms with Crippen molar-refractivity contribution in [3.8, 4) is 11.5 Å². The fourth-order valence-corrected chi connectivity index (χ4v) is 3.09. The number of methoxy groups -OCH3 is 1. The van der Waals surface area contributed by atoms with E-state index in [1.54, 1.807) is 7.11 Å². The molecule has 6 nitrogen and oxygen atoms in total. The Morgan fingerprint density at radius 3 is 2.71 bits per heavy atom. The van der Waals surface area contributed by atoms with Crippen LogP contribution in [0.25, 0.3) is 0 Å². The van der Waals surface area contributed by atoms with Crippen LogP contribution < -0.4 is 20.1 Å². The second-order valence-electron chi connectivity index (χ2n) is 6.65. The topological polar surface area (TPSA) is 76.7 Å². The van der Waals surface area contributed by atoms with Crippen LogP contribution in [0.5, 0.6) is 11.5 Å². The summed E-state index contributed by atoms with van der Waals surface area (Å²) in [6.45, 7) is 1.22. The van der Waals surface area contributed by atoms with Crippen LogP contribution in [0.2, 0.25) is 0 Å². The van der Waals surface area contributed by atoms with Gasteiger partial charge in [0.15, 0.2) is 11.5 Å². The van der Waals surface area contributed by atoms with Gasteiger partial charge in [0.05, 0.1) is 13.7 Å². The van der Waals surface area contributed by atoms with Crippen molar-refractivity contribution in [2.24, 2.45) is 5.92 Å². The van der Waals surface area contributed by atoms with E-state index in [4.69, 9.17) is 9.47 Å². The first-order valence-corrected chi connectivity index (χ1v) is 9.16. The maximum Gasteiger partial charge on any atom is 0.251 e. The first-order chi connectivity index (χ1) is 13.6. The van der Waals surface area contributed by atoms with E-state index >= 15 is 0 Å². The van der Waals surface area contributed by atoms with Crippen molar-refractivity contribution in [1.29, 1.82) is 0 Å². The lowest BCUT2D eigenvalue weighted by Gasteiger charge is -2.26. The third kappa shape index (κ3) is 5.00. The Morgan fingerprint density at radius 1 is 1.18 bits per heavy atom. The molecule has 0 bridgehead atoms. The third-order valence-electron chi connectivity index (χ3n) is 4.58. The second kappa shape index (κ2) is 9.21. The molecule has 0 aliphatic carbocycles. The molecular formula is C21H23FN2O4. The summed E-state index contributed by atoms with van der Waals surface area (Å²) in [4.78, 5) is 23.9. The smallest absolute Gasteiger partial charge is 0.251 e. The maximum absolute atomic E-state index is 12.9. The average molecular weight is 386 g/mol. The lowest BCUT2D eigenvalue weighted by molar-refractivity contribution is -0.121. The molecule has 2 aromatic rings. The summed E-state index contributed by atoms with van der Waals surface area (Å²) < 4.78 is 24.0. The second-order valence-corrected chi connectivity index (χ2v) is 6.65. The number of benzene rings is 2. The molecule has 148 valence electrons. The number of hydrogen-bond donors (Lipinski definition) is 2. The van der Waals surface area contributed by atoms with Crippen molar-refractivity contribution in [3.63, 3.8) is 0 Å². The van der Waals surface area contributed by atoms with Gasteiger partial charge in [0.2, 0.25) is 5.91 Å². The minimum atomic E-state index is -0.399. The Morgan fingerprint density at radius 2 is 1.96 bits per heavy atom. The molecule has 0 radical (unpaired) electrons. The molecule has 0 fully saturated rings. The van der Waals surface area contributed by atoms with Crippen LogP contribution in [0.1, 0.15) is 22.3 Å². The summed E-state index contributed by atoms with van der Waals surface area (Å²) in [7, 11) is 1.61. The molecule has 1 atom stereocenters. The number of carbonyl (C=O) groups excluding carboxylic acids is 2. The van der Waals surface area contributed by atoms with E-state index in [2.05, 4.69) is 10.6 Å². The van der Waals surface area contributed by atoms with Gasteiger partial charge in [0.25, 0.3) is 5.91 Å². The number of amides is 2. The van der Waals surface area contributed by atoms with Crippen molar-refractivity contribution in [3.05, 3.63) is 59.4 Å². The van der Waals surface area contributed by atoms with Gasteiger partial charge in [-0.25, -0.2) is 4.39 Å². The van der Waals surface area contributed by atoms with Gasteiger partial charge >= 0.3 is 0 Å². The molecule has 1 unspecified atom stereocenters. The lowest BCUT2D eigenvalue weighted by atomic mass is 9.96. The number of nitrogens with one attached hydrogen (secondary N) is 2. The molecule has 1 aliphatic rings. The molecule has 0 aromatic heterocycles. The fourth-order valence-electron chi connectivity index (χ4n) is 3.09. The Labute approximate surface area is 163 Å². The minimum absolute atomic E-state index is 0.143. The minimum Gasteiger partial charge on any atom is -0.493 e. The average Bonchev–Trinajstić information content (AvgIpc) is 2.72. The summed E-state index contributed by atoms with van der Waals surface area (Å²) in [6.07, 6.45) is 0.971. The number of para-hydroxylation sites is 1. The van der Waals surface area contributed by atoms with Gasteiger partial charge in [-0.2, -0.15) is 0 Å². The normalized spacial score (nSPS) is 15.1. The van der Waals surface area contributed by atoms with Crippen molar-refractivity contribution in [1.82, 2.24) is 10.6 Å². The van der Waals surface area contributed by atoms with E-state index in [9.17, 15) is 14.0 Å². The number of halogens is 1. The number of fused-ring (bicyclic) bond motifs is 1. The quantitative estimate of drug-likeness (QED) is 0.766. The van der Waals surface area contributed by atoms with Gasteiger partial charge in [-0.3, -0.25) is 9.59 Å². The van der Waals surface area contributed by atoms with Crippen LogP contribution in [0, 0.1) is 11.7 Å². The van der Waals surface area contributed by atoms with Crippen molar-refractivity contribution in [2.75, 3.05) is 26.8 Å². The number of rotatable bonds is 7. The molecule has 2 N–H and O–H groups in total. The van der Waals surface area contributed by atoms with E-state index in [0.29, 0.717) is 18.7 Å². The highest BCUT2D eigenvalue weighted by atomic mass is 19.1. The Bertz CT molecular complexity index is 839. The highest BCUT2D eigenvalue weighted by Crippen LogP contribution is 2.35. The van der Waals surface area contributed by atoms with E-state index < -0.39 is 5.82 Å². The van der Waals surface area contributed by atoms with Gasteiger partial charge in [0, 0.05) is 31.0 Å². The van der Waals surface area contributed by atoms with Crippen LogP contribution in [-0.4, -0.2) is 38.6 Å². The number of ether oxygens (including phenoxy) is 2. The largest absolute Gasteiger partial charge is 0.493 e. The van der Waals surface area contributed by atoms with Crippen LogP contribution in [-0.2, 0) is 11.2 Å². The molecule has 0 saturated heterocycles. The highest BCUT2D eigenvalue weighted by Gasteiger charge is 2.23. The molecule has 1 aliphatic heterocycles. The zero-order valence-electron chi connectivity index (χ0n) is 15.7. The maximum atomic E-state index is 12.9. The molecule has 2 aromatic carbocycles. The predicted molar refractivity (Wildman–Crippen MR) is 102 cm³/mol. The Balaban J connectivity index is 1.39. The van der Waals surface area contributed by atoms with E-state index in [1.807, 2.05) is 18.2 Å². The SMILES string of the molecule is COc1cccc2c1OCC(CNC(=O)CCNC(=O)c1ccc(F)cc1)C2. The predicted octanol–water partition coefficient (Wildman–Crippen LogP) is 2.32. The highest BCUT2D eigenvalue weighted by molar-refractivity contribution is 5.94. The van der Waals surface area contributed by atoms with E-state index in [-0.39, 0.29) is 30.7 Å². The van der Waals surface area contributed by atoms with Crippen molar-refractivity contribution < 1.29 is 23.5 Å². The first-order valence-electron chi connectivity index (χ1n) is 9.16. The molecule has 0 saturated carbocycles. The van der Waals surface area contributed by atoms with Crippen molar-refractivity contribution >= 4 is 11.8 Å². The standard InChI is InChI=1S/C21H23FN2O4/c1-27-18-4-2-3-16-11-14(13-28-20(16)18)12-24-19(25)9-10-23-21(26)15-5-7-17(22)8-6-15/h2-8,14H,9-13H2,1H3,(H,23,26)(H,24,25). The fraction of sp³-hybridized carbons (Fsp3) is 0.333. The third-order valence-corrected chi connectivity index (χ3v) is 4.58. The molecular weight excluding hydrogens is 363 g/mol. The molecule has 2 amide bonds. The van der Waals surface area contributed by atoms with E-state index in [1.165, 1.54) is 24.3 Å². The van der Waals surface area contributed by atoms with Gasteiger partial charge in [-0.05, 0) is 42.3 Å². The first kappa shape index (κ1) is 19.7. The van der Waals surface area contributed by atoms with Crippen LogP contribution in [0.3, 0.4) is 0 Å². The van der Waals surface area contributed by atoms with Gasteiger partial charge in [-0.15, -0.1) is 0 Å². The summed E-state index contributed by atoms with van der Waals surface area (Å²) in [5.74, 6) is 0.795. The zero-order valence-corrected chi connectivity index (χ0v) is 15.7. The molecule has 7 heteroatoms. The Hall–Kier alpha value is -3.09. The summed E-state index contributed by atoms with van der Waals surface area (Å²) >= 11 is 0. The monoisotopic (exact) mass is 386 g/mol. The van der Waals surface area contributed by atoms with Gasteiger partial charge < -0.3 is 20.1 Å². The van der Waals surface area contributed by atoms with Crippen molar-refractivity contribution in [2.45, 2.75) is 12.8 Å². The van der Waals surface area contributed by atoms with E-state index in [0.717, 1.165) is 23.5 Å². The van der Waals surface area contributed by atoms with Crippen LogP contribution in [0.15, 0.2) is 42.5 Å². The summed E-state index contributed by atoms with van der Waals surface area (Å²) in [5.41, 5.74) is 1.42. The van der Waals surface area contributed by atoms with Crippen LogP contribution >= 0.6 is 0 Å².